The van der Waals surface area contributed by atoms with Crippen LogP contribution in [0.25, 0.3) is 5.65 Å². The molecule has 0 spiro atoms. The average Bonchev–Trinajstić information content (AvgIpc) is 2.53. The third-order valence-corrected chi connectivity index (χ3v) is 3.89. The SMILES string of the molecule is Cc1cccc2nc(COC(=O)c3ccc(Br)cc3)cc(=O)n12. The van der Waals surface area contributed by atoms with Crippen LogP contribution in [0.15, 0.2) is 57.8 Å². The van der Waals surface area contributed by atoms with E-state index in [9.17, 15) is 9.59 Å². The van der Waals surface area contributed by atoms with E-state index in [4.69, 9.17) is 4.74 Å². The van der Waals surface area contributed by atoms with Gasteiger partial charge in [-0.25, -0.2) is 9.78 Å². The smallest absolute Gasteiger partial charge is 0.338 e. The molecule has 0 saturated heterocycles. The van der Waals surface area contributed by atoms with Gasteiger partial charge in [0.25, 0.3) is 5.56 Å². The van der Waals surface area contributed by atoms with Crippen molar-refractivity contribution < 1.29 is 9.53 Å². The largest absolute Gasteiger partial charge is 0.456 e. The normalized spacial score (nSPS) is 10.7. The number of nitrogens with zero attached hydrogens (tertiary/aromatic N) is 2. The number of esters is 1. The lowest BCUT2D eigenvalue weighted by molar-refractivity contribution is 0.0467. The summed E-state index contributed by atoms with van der Waals surface area (Å²) in [4.78, 5) is 28.5. The van der Waals surface area contributed by atoms with E-state index in [-0.39, 0.29) is 12.2 Å². The maximum absolute atomic E-state index is 12.1. The van der Waals surface area contributed by atoms with Crippen molar-refractivity contribution in [2.45, 2.75) is 13.5 Å². The summed E-state index contributed by atoms with van der Waals surface area (Å²) >= 11 is 3.31. The van der Waals surface area contributed by atoms with E-state index in [1.54, 1.807) is 30.3 Å². The Hall–Kier alpha value is -2.47. The number of hydrogen-bond acceptors (Lipinski definition) is 4. The summed E-state index contributed by atoms with van der Waals surface area (Å²) in [5, 5.41) is 0. The molecule has 0 atom stereocenters. The van der Waals surface area contributed by atoms with Gasteiger partial charge in [0.05, 0.1) is 11.3 Å². The highest BCUT2D eigenvalue weighted by Crippen LogP contribution is 2.12. The van der Waals surface area contributed by atoms with Crippen molar-refractivity contribution in [2.24, 2.45) is 0 Å². The molecule has 0 fully saturated rings. The Labute approximate surface area is 140 Å². The van der Waals surface area contributed by atoms with Crippen LogP contribution in [-0.2, 0) is 11.3 Å². The monoisotopic (exact) mass is 372 g/mol. The molecule has 0 radical (unpaired) electrons. The van der Waals surface area contributed by atoms with Crippen molar-refractivity contribution in [2.75, 3.05) is 0 Å². The molecule has 0 aliphatic heterocycles. The summed E-state index contributed by atoms with van der Waals surface area (Å²) in [5.74, 6) is -0.455. The van der Waals surface area contributed by atoms with Gasteiger partial charge in [-0.3, -0.25) is 9.20 Å². The fourth-order valence-corrected chi connectivity index (χ4v) is 2.51. The fraction of sp³-hybridized carbons (Fsp3) is 0.118. The van der Waals surface area contributed by atoms with Gasteiger partial charge in [0, 0.05) is 16.2 Å². The van der Waals surface area contributed by atoms with E-state index in [2.05, 4.69) is 20.9 Å². The van der Waals surface area contributed by atoms with E-state index in [1.807, 2.05) is 19.1 Å². The Morgan fingerprint density at radius 3 is 2.70 bits per heavy atom. The molecule has 0 N–H and O–H groups in total. The molecular formula is C17H13BrN2O3. The highest BCUT2D eigenvalue weighted by Gasteiger charge is 2.09. The van der Waals surface area contributed by atoms with Crippen LogP contribution in [0.3, 0.4) is 0 Å². The number of hydrogen-bond donors (Lipinski definition) is 0. The number of halogens is 1. The first kappa shape index (κ1) is 15.4. The Kier molecular flexibility index (Phi) is 4.25. The Morgan fingerprint density at radius 2 is 1.96 bits per heavy atom. The van der Waals surface area contributed by atoms with Crippen molar-refractivity contribution in [3.05, 3.63) is 80.3 Å². The maximum atomic E-state index is 12.1. The molecule has 0 saturated carbocycles. The number of pyridine rings is 1. The van der Waals surface area contributed by atoms with Gasteiger partial charge in [0.2, 0.25) is 0 Å². The van der Waals surface area contributed by atoms with Crippen molar-refractivity contribution in [1.29, 1.82) is 0 Å². The number of fused-ring (bicyclic) bond motifs is 1. The van der Waals surface area contributed by atoms with Crippen LogP contribution in [0, 0.1) is 6.92 Å². The molecule has 3 aromatic rings. The molecule has 116 valence electrons. The first-order valence-corrected chi connectivity index (χ1v) is 7.75. The topological polar surface area (TPSA) is 60.7 Å². The van der Waals surface area contributed by atoms with Crippen molar-refractivity contribution in [3.63, 3.8) is 0 Å². The average molecular weight is 373 g/mol. The lowest BCUT2D eigenvalue weighted by Crippen LogP contribution is -2.18. The second kappa shape index (κ2) is 6.34. The van der Waals surface area contributed by atoms with Gasteiger partial charge in [-0.15, -0.1) is 0 Å². The molecule has 0 aliphatic rings. The van der Waals surface area contributed by atoms with Crippen LogP contribution in [0.4, 0.5) is 0 Å². The Balaban J connectivity index is 1.81. The lowest BCUT2D eigenvalue weighted by Gasteiger charge is -2.07. The number of aryl methyl sites for hydroxylation is 1. The molecule has 0 aliphatic carbocycles. The molecular weight excluding hydrogens is 360 g/mol. The first-order valence-electron chi connectivity index (χ1n) is 6.95. The number of carbonyl (C=O) groups is 1. The first-order chi connectivity index (χ1) is 11.0. The van der Waals surface area contributed by atoms with Crippen LogP contribution in [-0.4, -0.2) is 15.4 Å². The maximum Gasteiger partial charge on any atom is 0.338 e. The zero-order valence-electron chi connectivity index (χ0n) is 12.3. The summed E-state index contributed by atoms with van der Waals surface area (Å²) in [5.41, 5.74) is 2.01. The van der Waals surface area contributed by atoms with Gasteiger partial charge >= 0.3 is 5.97 Å². The minimum Gasteiger partial charge on any atom is -0.456 e. The summed E-state index contributed by atoms with van der Waals surface area (Å²) in [6.07, 6.45) is 0. The van der Waals surface area contributed by atoms with Gasteiger partial charge in [0.1, 0.15) is 12.3 Å². The molecule has 2 aromatic heterocycles. The van der Waals surface area contributed by atoms with Gasteiger partial charge < -0.3 is 4.74 Å². The molecule has 0 unspecified atom stereocenters. The number of rotatable bonds is 3. The van der Waals surface area contributed by atoms with E-state index in [1.165, 1.54) is 10.5 Å². The second-order valence-corrected chi connectivity index (χ2v) is 5.95. The van der Waals surface area contributed by atoms with E-state index in [0.29, 0.717) is 16.9 Å². The molecule has 23 heavy (non-hydrogen) atoms. The zero-order valence-corrected chi connectivity index (χ0v) is 13.9. The van der Waals surface area contributed by atoms with Gasteiger partial charge in [0.15, 0.2) is 0 Å². The van der Waals surface area contributed by atoms with Gasteiger partial charge in [-0.1, -0.05) is 22.0 Å². The predicted molar refractivity (Wildman–Crippen MR) is 89.5 cm³/mol. The van der Waals surface area contributed by atoms with E-state index < -0.39 is 5.97 Å². The lowest BCUT2D eigenvalue weighted by atomic mass is 10.2. The molecule has 6 heteroatoms. The highest BCUT2D eigenvalue weighted by atomic mass is 79.9. The molecule has 5 nitrogen and oxygen atoms in total. The van der Waals surface area contributed by atoms with Crippen LogP contribution < -0.4 is 5.56 Å². The molecule has 3 rings (SSSR count). The van der Waals surface area contributed by atoms with Crippen molar-refractivity contribution in [1.82, 2.24) is 9.38 Å². The number of ether oxygens (including phenoxy) is 1. The number of aromatic nitrogens is 2. The van der Waals surface area contributed by atoms with Crippen LogP contribution >= 0.6 is 15.9 Å². The molecule has 0 amide bonds. The van der Waals surface area contributed by atoms with Gasteiger partial charge in [-0.05, 0) is 43.3 Å². The quantitative estimate of drug-likeness (QED) is 0.662. The third kappa shape index (κ3) is 3.32. The Morgan fingerprint density at radius 1 is 1.22 bits per heavy atom. The minimum absolute atomic E-state index is 0.0470. The van der Waals surface area contributed by atoms with E-state index >= 15 is 0 Å². The zero-order chi connectivity index (χ0) is 16.4. The predicted octanol–water partition coefficient (Wildman–Crippen LogP) is 3.12. The van der Waals surface area contributed by atoms with Crippen molar-refractivity contribution in [3.8, 4) is 0 Å². The van der Waals surface area contributed by atoms with Crippen molar-refractivity contribution >= 4 is 27.5 Å². The van der Waals surface area contributed by atoms with Crippen LogP contribution in [0.2, 0.25) is 0 Å². The number of carbonyl (C=O) groups excluding carboxylic acids is 1. The van der Waals surface area contributed by atoms with Gasteiger partial charge in [-0.2, -0.15) is 0 Å². The summed E-state index contributed by atoms with van der Waals surface area (Å²) < 4.78 is 7.62. The summed E-state index contributed by atoms with van der Waals surface area (Å²) in [7, 11) is 0. The number of benzene rings is 1. The van der Waals surface area contributed by atoms with Crippen LogP contribution in [0.1, 0.15) is 21.7 Å². The molecule has 1 aromatic carbocycles. The summed E-state index contributed by atoms with van der Waals surface area (Å²) in [6.45, 7) is 1.79. The summed E-state index contributed by atoms with van der Waals surface area (Å²) in [6, 6.07) is 13.7. The van der Waals surface area contributed by atoms with Crippen LogP contribution in [0.5, 0.6) is 0 Å². The minimum atomic E-state index is -0.455. The molecule has 2 heterocycles. The second-order valence-electron chi connectivity index (χ2n) is 5.03. The Bertz CT molecular complexity index is 933. The third-order valence-electron chi connectivity index (χ3n) is 3.36. The van der Waals surface area contributed by atoms with E-state index in [0.717, 1.165) is 10.2 Å². The highest BCUT2D eigenvalue weighted by molar-refractivity contribution is 9.10. The fourth-order valence-electron chi connectivity index (χ4n) is 2.25. The molecule has 0 bridgehead atoms. The standard InChI is InChI=1S/C17H13BrN2O3/c1-11-3-2-4-15-19-14(9-16(21)20(11)15)10-23-17(22)12-5-7-13(18)8-6-12/h2-9H,10H2,1H3.